The summed E-state index contributed by atoms with van der Waals surface area (Å²) in [6, 6.07) is 1.06. The first-order valence-electron chi connectivity index (χ1n) is 30.0. The number of aldehydes is 1. The van der Waals surface area contributed by atoms with Crippen molar-refractivity contribution in [2.75, 3.05) is 7.05 Å². The molecule has 1 rings (SSSR count). The third-order valence-electron chi connectivity index (χ3n) is 13.1. The summed E-state index contributed by atoms with van der Waals surface area (Å²) < 4.78 is 6.13. The van der Waals surface area contributed by atoms with Gasteiger partial charge in [0, 0.05) is 40.3 Å². The fraction of sp³-hybridized carbons (Fsp3) is 0.889. The minimum Gasteiger partial charge on any atom is -0.490 e. The molecule has 410 valence electrons. The standard InChI is InChI=1S/C36H68N2O.C16H32O.C5H13N.3C2H6/c1-11-14-16-18-19-21-23-32(22-20-17-15-12-2)31(6)37-30(5)28-36(9,10)38-29(4)24-25-33-27-34(39-33)35(7,8)26-13-3;1-3-5-7-9-10-12-14-16(15-17)13-11-8-6-4-2;1-4-5(2)6-3;3*1-2/h27,30,32-33,37-38H,4,6,11-26,28H2,1-3,5,7-10H3;15-16H,3-14H2,1-2H3;5-6H,4H2,1-3H3;3*1-2H3. The van der Waals surface area contributed by atoms with E-state index in [1.807, 2.05) is 48.6 Å². The molecule has 5 nitrogen and oxygen atoms in total. The molecule has 0 aromatic heterocycles. The van der Waals surface area contributed by atoms with Crippen LogP contribution in [0.1, 0.15) is 317 Å². The van der Waals surface area contributed by atoms with Gasteiger partial charge in [-0.05, 0) is 105 Å². The van der Waals surface area contributed by atoms with E-state index in [0.717, 1.165) is 37.8 Å². The Morgan fingerprint density at radius 1 is 0.632 bits per heavy atom. The second kappa shape index (κ2) is 54.6. The summed E-state index contributed by atoms with van der Waals surface area (Å²) in [4.78, 5) is 10.9. The highest BCUT2D eigenvalue weighted by molar-refractivity contribution is 5.53. The highest BCUT2D eigenvalue weighted by Crippen LogP contribution is 2.39. The van der Waals surface area contributed by atoms with Crippen LogP contribution < -0.4 is 16.0 Å². The number of allylic oxidation sites excluding steroid dienone is 3. The monoisotopic (exact) mass is 962 g/mol. The third-order valence-corrected chi connectivity index (χ3v) is 13.1. The van der Waals surface area contributed by atoms with Gasteiger partial charge < -0.3 is 25.5 Å². The summed E-state index contributed by atoms with van der Waals surface area (Å²) in [6.07, 6.45) is 41.8. The molecule has 1 aliphatic heterocycles. The minimum atomic E-state index is -0.0235. The molecule has 0 spiro atoms. The average Bonchev–Trinajstić information content (AvgIpc) is 3.31. The number of hydrogen-bond acceptors (Lipinski definition) is 5. The van der Waals surface area contributed by atoms with E-state index in [-0.39, 0.29) is 17.1 Å². The van der Waals surface area contributed by atoms with Crippen molar-refractivity contribution in [2.45, 2.75) is 341 Å². The van der Waals surface area contributed by atoms with Crippen LogP contribution in [-0.2, 0) is 9.53 Å². The fourth-order valence-corrected chi connectivity index (χ4v) is 8.75. The predicted octanol–water partition coefficient (Wildman–Crippen LogP) is 20.6. The van der Waals surface area contributed by atoms with Crippen molar-refractivity contribution in [1.29, 1.82) is 0 Å². The molecule has 5 atom stereocenters. The van der Waals surface area contributed by atoms with E-state index >= 15 is 0 Å². The van der Waals surface area contributed by atoms with Gasteiger partial charge in [0.05, 0.1) is 0 Å². The van der Waals surface area contributed by atoms with Crippen LogP contribution in [0.15, 0.2) is 36.4 Å². The first kappa shape index (κ1) is 75.2. The van der Waals surface area contributed by atoms with Gasteiger partial charge in [-0.15, -0.1) is 0 Å². The Morgan fingerprint density at radius 2 is 1.03 bits per heavy atom. The maximum absolute atomic E-state index is 10.9. The van der Waals surface area contributed by atoms with Crippen molar-refractivity contribution in [3.8, 4) is 0 Å². The van der Waals surface area contributed by atoms with Crippen molar-refractivity contribution in [1.82, 2.24) is 16.0 Å². The van der Waals surface area contributed by atoms with Crippen LogP contribution in [0.3, 0.4) is 0 Å². The molecule has 5 heteroatoms. The molecular formula is C63H131N3O2. The molecule has 5 unspecified atom stereocenters. The molecule has 0 amide bonds. The number of carbonyl (C=O) groups is 1. The van der Waals surface area contributed by atoms with Crippen LogP contribution in [0.25, 0.3) is 0 Å². The Kier molecular flexibility index (Phi) is 60.3. The molecule has 0 saturated heterocycles. The maximum atomic E-state index is 10.9. The zero-order chi connectivity index (χ0) is 53.1. The molecule has 0 saturated carbocycles. The van der Waals surface area contributed by atoms with Gasteiger partial charge in [0.2, 0.25) is 0 Å². The van der Waals surface area contributed by atoms with Crippen molar-refractivity contribution in [2.24, 2.45) is 17.3 Å². The van der Waals surface area contributed by atoms with Crippen LogP contribution in [0, 0.1) is 17.3 Å². The number of carbonyl (C=O) groups excluding carboxylic acids is 1. The lowest BCUT2D eigenvalue weighted by atomic mass is 9.83. The minimum absolute atomic E-state index is 0.0235. The van der Waals surface area contributed by atoms with E-state index in [2.05, 4.69) is 118 Å². The second-order valence-corrected chi connectivity index (χ2v) is 20.7. The first-order valence-corrected chi connectivity index (χ1v) is 30.0. The SMILES string of the molecule is C=C(CCC1C=C(C(C)(C)CCC)O1)NC(C)(C)CC(C)NC(=C)C(CCCCCC)CCCCCCCC.CC.CC.CC.CCC(C)NC.CCCCCCCCC(C=O)CCCCCC. The van der Waals surface area contributed by atoms with Crippen LogP contribution in [0.5, 0.6) is 0 Å². The Morgan fingerprint density at radius 3 is 1.40 bits per heavy atom. The Hall–Kier alpha value is -1.75. The van der Waals surface area contributed by atoms with Gasteiger partial charge >= 0.3 is 0 Å². The molecule has 1 aliphatic rings. The molecule has 0 bridgehead atoms. The molecule has 0 fully saturated rings. The van der Waals surface area contributed by atoms with E-state index in [9.17, 15) is 4.79 Å². The van der Waals surface area contributed by atoms with Gasteiger partial charge in [0.1, 0.15) is 18.1 Å². The molecule has 0 aliphatic carbocycles. The van der Waals surface area contributed by atoms with E-state index in [1.54, 1.807) is 0 Å². The van der Waals surface area contributed by atoms with E-state index in [0.29, 0.717) is 23.9 Å². The zero-order valence-electron chi connectivity index (χ0n) is 50.5. The molecule has 0 aromatic carbocycles. The van der Waals surface area contributed by atoms with Gasteiger partial charge in [-0.25, -0.2) is 0 Å². The molecule has 0 radical (unpaired) electrons. The number of nitrogens with one attached hydrogen (secondary N) is 3. The molecule has 1 heterocycles. The largest absolute Gasteiger partial charge is 0.490 e. The van der Waals surface area contributed by atoms with Crippen molar-refractivity contribution >= 4 is 6.29 Å². The van der Waals surface area contributed by atoms with Gasteiger partial charge in [0.25, 0.3) is 0 Å². The van der Waals surface area contributed by atoms with Gasteiger partial charge in [0.15, 0.2) is 0 Å². The van der Waals surface area contributed by atoms with Crippen LogP contribution >= 0.6 is 0 Å². The maximum Gasteiger partial charge on any atom is 0.123 e. The van der Waals surface area contributed by atoms with E-state index in [1.165, 1.54) is 178 Å². The number of ether oxygens (including phenoxy) is 1. The fourth-order valence-electron chi connectivity index (χ4n) is 8.75. The number of unbranched alkanes of at least 4 members (excludes halogenated alkanes) is 16. The third kappa shape index (κ3) is 47.9. The Balaban J connectivity index is -0.000000375. The summed E-state index contributed by atoms with van der Waals surface area (Å²) in [5.41, 5.74) is 2.52. The summed E-state index contributed by atoms with van der Waals surface area (Å²) in [5, 5.41) is 10.7. The van der Waals surface area contributed by atoms with Gasteiger partial charge in [-0.1, -0.05) is 245 Å². The zero-order valence-corrected chi connectivity index (χ0v) is 50.5. The van der Waals surface area contributed by atoms with Crippen LogP contribution in [0.4, 0.5) is 0 Å². The van der Waals surface area contributed by atoms with E-state index in [4.69, 9.17) is 4.74 Å². The predicted molar refractivity (Wildman–Crippen MR) is 313 cm³/mol. The summed E-state index contributed by atoms with van der Waals surface area (Å²) in [7, 11) is 1.98. The van der Waals surface area contributed by atoms with E-state index < -0.39 is 0 Å². The first-order chi connectivity index (χ1) is 32.6. The van der Waals surface area contributed by atoms with Gasteiger partial charge in [-0.2, -0.15) is 0 Å². The van der Waals surface area contributed by atoms with Crippen molar-refractivity contribution in [3.63, 3.8) is 0 Å². The molecule has 0 aromatic rings. The topological polar surface area (TPSA) is 62.4 Å². The highest BCUT2D eigenvalue weighted by Gasteiger charge is 2.33. The van der Waals surface area contributed by atoms with Crippen molar-refractivity contribution < 1.29 is 9.53 Å². The van der Waals surface area contributed by atoms with Crippen molar-refractivity contribution in [3.05, 3.63) is 36.4 Å². The summed E-state index contributed by atoms with van der Waals surface area (Å²) >= 11 is 0. The quantitative estimate of drug-likeness (QED) is 0.0422. The normalized spacial score (nSPS) is 14.5. The average molecular weight is 963 g/mol. The lowest BCUT2D eigenvalue weighted by molar-refractivity contribution is -0.111. The molecular weight excluding hydrogens is 831 g/mol. The highest BCUT2D eigenvalue weighted by atomic mass is 16.5. The second-order valence-electron chi connectivity index (χ2n) is 20.7. The van der Waals surface area contributed by atoms with Crippen LogP contribution in [-0.4, -0.2) is 37.1 Å². The lowest BCUT2D eigenvalue weighted by Crippen LogP contribution is -2.44. The molecule has 3 N–H and O–H groups in total. The molecule has 68 heavy (non-hydrogen) atoms. The number of rotatable bonds is 40. The van der Waals surface area contributed by atoms with Gasteiger partial charge in [-0.3, -0.25) is 0 Å². The lowest BCUT2D eigenvalue weighted by Gasteiger charge is -2.38. The Bertz CT molecular complexity index is 1080. The number of hydrogen-bond donors (Lipinski definition) is 3. The smallest absolute Gasteiger partial charge is 0.123 e. The summed E-state index contributed by atoms with van der Waals surface area (Å²) in [5.74, 6) is 2.12. The Labute approximate surface area is 431 Å². The summed E-state index contributed by atoms with van der Waals surface area (Å²) in [6.45, 7) is 48.0. The van der Waals surface area contributed by atoms with Crippen LogP contribution in [0.2, 0.25) is 0 Å².